The van der Waals surface area contributed by atoms with Crippen LogP contribution in [0, 0.1) is 24.2 Å². The molecule has 0 saturated heterocycles. The summed E-state index contributed by atoms with van der Waals surface area (Å²) in [5, 5.41) is 5.67. The van der Waals surface area contributed by atoms with Gasteiger partial charge in [-0.3, -0.25) is 4.79 Å². The van der Waals surface area contributed by atoms with Gasteiger partial charge in [-0.25, -0.2) is 4.99 Å². The van der Waals surface area contributed by atoms with E-state index < -0.39 is 0 Å². The summed E-state index contributed by atoms with van der Waals surface area (Å²) in [5.74, 6) is 2.03. The standard InChI is InChI=1S/C37H48N2O/c1-7-30-19-27(4)22-37(8-2,24-30)23-28(5)36(38-25-29(6)32-16-13-26(3)14-17-32)39-35(40)21-31-15-18-33-11-9-10-12-34(33)20-31/h11-18,20,25,27,30H,5,7-10,19,21-24H2,1-4,6H3,(H,38,39,40)/b29-25+. The van der Waals surface area contributed by atoms with Gasteiger partial charge in [0.1, 0.15) is 5.84 Å². The molecule has 3 heteroatoms. The minimum absolute atomic E-state index is 0.0463. The number of benzene rings is 2. The molecule has 2 aliphatic carbocycles. The molecule has 0 aliphatic heterocycles. The Balaban J connectivity index is 1.58. The van der Waals surface area contributed by atoms with Gasteiger partial charge in [-0.15, -0.1) is 0 Å². The third kappa shape index (κ3) is 7.71. The van der Waals surface area contributed by atoms with Crippen LogP contribution in [0.5, 0.6) is 0 Å². The second-order valence-corrected chi connectivity index (χ2v) is 12.5. The Labute approximate surface area is 241 Å². The highest BCUT2D eigenvalue weighted by atomic mass is 16.1. The molecule has 1 amide bonds. The monoisotopic (exact) mass is 536 g/mol. The lowest BCUT2D eigenvalue weighted by Crippen LogP contribution is -2.37. The number of amidine groups is 1. The van der Waals surface area contributed by atoms with E-state index in [1.54, 1.807) is 0 Å². The van der Waals surface area contributed by atoms with Crippen molar-refractivity contribution in [3.63, 3.8) is 0 Å². The first-order chi connectivity index (χ1) is 19.2. The fourth-order valence-electron chi connectivity index (χ4n) is 6.78. The number of aryl methyl sites for hydroxylation is 1. The van der Waals surface area contributed by atoms with Gasteiger partial charge in [0.25, 0.3) is 0 Å². The van der Waals surface area contributed by atoms with E-state index in [1.165, 1.54) is 41.7 Å². The van der Waals surface area contributed by atoms with Gasteiger partial charge in [0.15, 0.2) is 0 Å². The molecule has 3 unspecified atom stereocenters. The molecule has 0 radical (unpaired) electrons. The van der Waals surface area contributed by atoms with Gasteiger partial charge in [0, 0.05) is 6.20 Å². The van der Waals surface area contributed by atoms with E-state index in [-0.39, 0.29) is 11.3 Å². The summed E-state index contributed by atoms with van der Waals surface area (Å²) in [4.78, 5) is 18.2. The summed E-state index contributed by atoms with van der Waals surface area (Å²) >= 11 is 0. The molecule has 3 nitrogen and oxygen atoms in total. The minimum Gasteiger partial charge on any atom is -0.310 e. The summed E-state index contributed by atoms with van der Waals surface area (Å²) in [6.45, 7) is 15.7. The van der Waals surface area contributed by atoms with Crippen molar-refractivity contribution in [3.8, 4) is 0 Å². The number of nitrogens with zero attached hydrogens (tertiary/aromatic N) is 1. The molecule has 40 heavy (non-hydrogen) atoms. The summed E-state index contributed by atoms with van der Waals surface area (Å²) in [6.07, 6.45) is 15.9. The highest BCUT2D eigenvalue weighted by molar-refractivity contribution is 6.08. The van der Waals surface area contributed by atoms with Gasteiger partial charge in [-0.1, -0.05) is 100 Å². The Kier molecular flexibility index (Phi) is 10.0. The molecule has 0 bridgehead atoms. The number of carbonyl (C=O) groups is 1. The van der Waals surface area contributed by atoms with E-state index in [9.17, 15) is 4.79 Å². The van der Waals surface area contributed by atoms with Crippen LogP contribution in [-0.4, -0.2) is 11.7 Å². The normalized spacial score (nSPS) is 23.0. The molecule has 1 N–H and O–H groups in total. The Morgan fingerprint density at radius 3 is 2.50 bits per heavy atom. The van der Waals surface area contributed by atoms with E-state index in [0.717, 1.165) is 53.9 Å². The van der Waals surface area contributed by atoms with Gasteiger partial charge in [0.2, 0.25) is 5.91 Å². The van der Waals surface area contributed by atoms with E-state index in [4.69, 9.17) is 4.99 Å². The van der Waals surface area contributed by atoms with Crippen LogP contribution in [0.3, 0.4) is 0 Å². The smallest absolute Gasteiger partial charge is 0.229 e. The predicted molar refractivity (Wildman–Crippen MR) is 171 cm³/mol. The predicted octanol–water partition coefficient (Wildman–Crippen LogP) is 7.66. The fraction of sp³-hybridized carbons (Fsp3) is 0.459. The van der Waals surface area contributed by atoms with Crippen LogP contribution in [0.4, 0.5) is 0 Å². The maximum atomic E-state index is 13.4. The van der Waals surface area contributed by atoms with Gasteiger partial charge >= 0.3 is 0 Å². The largest absolute Gasteiger partial charge is 0.310 e. The number of carbonyl (C=O) groups excluding carboxylic acids is 1. The zero-order chi connectivity index (χ0) is 28.7. The van der Waals surface area contributed by atoms with Crippen LogP contribution in [0.15, 0.2) is 65.8 Å². The first kappa shape index (κ1) is 29.8. The van der Waals surface area contributed by atoms with E-state index in [1.807, 2.05) is 6.20 Å². The quantitative estimate of drug-likeness (QED) is 0.259. The molecule has 212 valence electrons. The van der Waals surface area contributed by atoms with Crippen molar-refractivity contribution in [1.29, 1.82) is 0 Å². The van der Waals surface area contributed by atoms with Crippen molar-refractivity contribution in [3.05, 3.63) is 87.9 Å². The first-order valence-electron chi connectivity index (χ1n) is 15.3. The zero-order valence-electron chi connectivity index (χ0n) is 25.4. The van der Waals surface area contributed by atoms with Crippen LogP contribution in [-0.2, 0) is 11.2 Å². The second kappa shape index (κ2) is 13.4. The third-order valence-electron chi connectivity index (χ3n) is 9.05. The lowest BCUT2D eigenvalue weighted by Gasteiger charge is -2.44. The molecular weight excluding hydrogens is 488 g/mol. The fourth-order valence-corrected chi connectivity index (χ4v) is 6.78. The van der Waals surface area contributed by atoms with Crippen LogP contribution < -0.4 is 15.8 Å². The number of nitrogens with one attached hydrogen (secondary N) is 1. The van der Waals surface area contributed by atoms with Crippen LogP contribution in [0.1, 0.15) is 95.8 Å². The molecule has 2 aromatic carbocycles. The van der Waals surface area contributed by atoms with Crippen LogP contribution in [0.25, 0.3) is 17.7 Å². The number of allylic oxidation sites excluding steroid dienone is 1. The van der Waals surface area contributed by atoms with Gasteiger partial charge in [-0.2, -0.15) is 0 Å². The maximum Gasteiger partial charge on any atom is 0.229 e. The molecule has 1 saturated carbocycles. The molecule has 2 aromatic rings. The Morgan fingerprint density at radius 2 is 1.80 bits per heavy atom. The van der Waals surface area contributed by atoms with Crippen molar-refractivity contribution in [2.24, 2.45) is 22.2 Å². The Hall–Kier alpha value is -3.20. The minimum atomic E-state index is -0.0463. The lowest BCUT2D eigenvalue weighted by molar-refractivity contribution is -0.119. The molecule has 3 atom stereocenters. The number of hydrogen-bond acceptors (Lipinski definition) is 2. The number of amides is 1. The number of rotatable bonds is 9. The molecule has 0 aromatic heterocycles. The zero-order valence-corrected chi connectivity index (χ0v) is 25.4. The van der Waals surface area contributed by atoms with E-state index in [0.29, 0.717) is 18.2 Å². The molecule has 2 aliphatic rings. The Bertz CT molecular complexity index is 1390. The van der Waals surface area contributed by atoms with Crippen molar-refractivity contribution in [2.75, 3.05) is 0 Å². The topological polar surface area (TPSA) is 41.5 Å². The highest BCUT2D eigenvalue weighted by Gasteiger charge is 2.38. The third-order valence-corrected chi connectivity index (χ3v) is 9.05. The molecule has 0 heterocycles. The van der Waals surface area contributed by atoms with Crippen molar-refractivity contribution in [2.45, 2.75) is 92.4 Å². The van der Waals surface area contributed by atoms with Crippen molar-refractivity contribution >= 4 is 29.5 Å². The Morgan fingerprint density at radius 1 is 1.07 bits per heavy atom. The van der Waals surface area contributed by atoms with Gasteiger partial charge in [-0.05, 0) is 102 Å². The van der Waals surface area contributed by atoms with Gasteiger partial charge < -0.3 is 5.32 Å². The maximum absolute atomic E-state index is 13.4. The van der Waals surface area contributed by atoms with E-state index >= 15 is 0 Å². The second-order valence-electron chi connectivity index (χ2n) is 12.5. The number of hydrogen-bond donors (Lipinski definition) is 1. The average Bonchev–Trinajstić information content (AvgIpc) is 2.94. The number of aliphatic imine (C=N–C) groups is 1. The summed E-state index contributed by atoms with van der Waals surface area (Å²) in [6, 6.07) is 14.8. The SMILES string of the molecule is C=C(CC1(CC)CC(C)CC(CC)C1)C(=N/C=C(\C)c1ccc(C)cc1)NC(=O)Cc1ccc2c(c1)=CCCC=2. The van der Waals surface area contributed by atoms with Gasteiger partial charge in [0.05, 0.1) is 6.42 Å². The summed E-state index contributed by atoms with van der Waals surface area (Å²) in [7, 11) is 0. The highest BCUT2D eigenvalue weighted by Crippen LogP contribution is 2.49. The molecule has 0 spiro atoms. The first-order valence-corrected chi connectivity index (χ1v) is 15.3. The van der Waals surface area contributed by atoms with Crippen molar-refractivity contribution < 1.29 is 4.79 Å². The molecule has 1 fully saturated rings. The van der Waals surface area contributed by atoms with Crippen LogP contribution >= 0.6 is 0 Å². The number of fused-ring (bicyclic) bond motifs is 1. The lowest BCUT2D eigenvalue weighted by atomic mass is 9.61. The molecular formula is C37H48N2O. The van der Waals surface area contributed by atoms with E-state index in [2.05, 4.69) is 101 Å². The van der Waals surface area contributed by atoms with Crippen molar-refractivity contribution in [1.82, 2.24) is 5.32 Å². The average molecular weight is 537 g/mol. The van der Waals surface area contributed by atoms with Crippen LogP contribution in [0.2, 0.25) is 0 Å². The molecule has 4 rings (SSSR count). The summed E-state index contributed by atoms with van der Waals surface area (Å²) in [5.41, 5.74) is 5.59. The summed E-state index contributed by atoms with van der Waals surface area (Å²) < 4.78 is 0.